The zero-order valence-electron chi connectivity index (χ0n) is 11.4. The molecule has 1 fully saturated rings. The zero-order valence-corrected chi connectivity index (χ0v) is 11.4. The molecule has 2 rings (SSSR count). The van der Waals surface area contributed by atoms with E-state index >= 15 is 0 Å². The van der Waals surface area contributed by atoms with Crippen LogP contribution in [0.25, 0.3) is 0 Å². The molecule has 0 aromatic heterocycles. The number of hydrogen-bond donors (Lipinski definition) is 3. The highest BCUT2D eigenvalue weighted by molar-refractivity contribution is 5.86. The Balaban J connectivity index is 1.94. The third kappa shape index (κ3) is 3.26. The van der Waals surface area contributed by atoms with Crippen LogP contribution in [0.4, 0.5) is 0 Å². The standard InChI is InChI=1S/C15H22N2O2/c1-2-8-15(9-3-10-17-15)14(19)16-11-12-4-6-13(18)7-5-12/h4-7,17-18H,2-3,8-11H2,1H3,(H,16,19). The summed E-state index contributed by atoms with van der Waals surface area (Å²) in [6.45, 7) is 3.54. The van der Waals surface area contributed by atoms with E-state index in [1.807, 2.05) is 12.1 Å². The molecule has 0 bridgehead atoms. The van der Waals surface area contributed by atoms with Gasteiger partial charge in [0.2, 0.25) is 5.91 Å². The van der Waals surface area contributed by atoms with Gasteiger partial charge in [0.1, 0.15) is 5.75 Å². The topological polar surface area (TPSA) is 61.4 Å². The molecule has 19 heavy (non-hydrogen) atoms. The van der Waals surface area contributed by atoms with Crippen LogP contribution in [0.1, 0.15) is 38.2 Å². The van der Waals surface area contributed by atoms with Crippen molar-refractivity contribution in [2.24, 2.45) is 0 Å². The Morgan fingerprint density at radius 2 is 2.16 bits per heavy atom. The molecular formula is C15H22N2O2. The maximum absolute atomic E-state index is 12.4. The summed E-state index contributed by atoms with van der Waals surface area (Å²) in [5.41, 5.74) is 0.627. The lowest BCUT2D eigenvalue weighted by Gasteiger charge is -2.27. The molecule has 1 heterocycles. The first-order chi connectivity index (χ1) is 9.16. The van der Waals surface area contributed by atoms with Gasteiger partial charge in [-0.15, -0.1) is 0 Å². The van der Waals surface area contributed by atoms with Crippen molar-refractivity contribution in [2.75, 3.05) is 6.54 Å². The van der Waals surface area contributed by atoms with Gasteiger partial charge in [-0.3, -0.25) is 4.79 Å². The van der Waals surface area contributed by atoms with Gasteiger partial charge < -0.3 is 15.7 Å². The lowest BCUT2D eigenvalue weighted by molar-refractivity contribution is -0.127. The Bertz CT molecular complexity index is 422. The number of hydrogen-bond acceptors (Lipinski definition) is 3. The van der Waals surface area contributed by atoms with Crippen LogP contribution in [-0.2, 0) is 11.3 Å². The van der Waals surface area contributed by atoms with Crippen molar-refractivity contribution >= 4 is 5.91 Å². The number of phenols is 1. The molecule has 104 valence electrons. The van der Waals surface area contributed by atoms with Crippen LogP contribution in [0, 0.1) is 0 Å². The Kier molecular flexibility index (Phi) is 4.43. The molecule has 0 aliphatic carbocycles. The van der Waals surface area contributed by atoms with Crippen LogP contribution in [0.3, 0.4) is 0 Å². The van der Waals surface area contributed by atoms with Crippen LogP contribution in [0.2, 0.25) is 0 Å². The molecule has 1 atom stereocenters. The van der Waals surface area contributed by atoms with Gasteiger partial charge in [-0.1, -0.05) is 25.5 Å². The predicted octanol–water partition coefficient (Wildman–Crippen LogP) is 1.93. The lowest BCUT2D eigenvalue weighted by atomic mass is 9.91. The number of benzene rings is 1. The Morgan fingerprint density at radius 1 is 1.42 bits per heavy atom. The molecule has 1 saturated heterocycles. The number of carbonyl (C=O) groups is 1. The van der Waals surface area contributed by atoms with E-state index < -0.39 is 0 Å². The van der Waals surface area contributed by atoms with Gasteiger partial charge in [0.25, 0.3) is 0 Å². The van der Waals surface area contributed by atoms with Crippen molar-refractivity contribution in [3.05, 3.63) is 29.8 Å². The number of nitrogens with one attached hydrogen (secondary N) is 2. The van der Waals surface area contributed by atoms with Crippen LogP contribution < -0.4 is 10.6 Å². The van der Waals surface area contributed by atoms with E-state index in [-0.39, 0.29) is 17.2 Å². The monoisotopic (exact) mass is 262 g/mol. The largest absolute Gasteiger partial charge is 0.508 e. The summed E-state index contributed by atoms with van der Waals surface area (Å²) in [5, 5.41) is 15.6. The molecule has 3 N–H and O–H groups in total. The number of rotatable bonds is 5. The quantitative estimate of drug-likeness (QED) is 0.760. The molecule has 1 aliphatic heterocycles. The minimum Gasteiger partial charge on any atom is -0.508 e. The zero-order chi connectivity index (χ0) is 13.7. The summed E-state index contributed by atoms with van der Waals surface area (Å²) in [6.07, 6.45) is 3.86. The van der Waals surface area contributed by atoms with Crippen LogP contribution in [-0.4, -0.2) is 23.1 Å². The van der Waals surface area contributed by atoms with Crippen molar-refractivity contribution < 1.29 is 9.90 Å². The average Bonchev–Trinajstić information content (AvgIpc) is 2.88. The molecule has 4 nitrogen and oxygen atoms in total. The molecule has 0 saturated carbocycles. The molecule has 0 radical (unpaired) electrons. The van der Waals surface area contributed by atoms with Crippen LogP contribution in [0.15, 0.2) is 24.3 Å². The predicted molar refractivity (Wildman–Crippen MR) is 74.8 cm³/mol. The molecule has 4 heteroatoms. The van der Waals surface area contributed by atoms with Crippen molar-refractivity contribution in [1.82, 2.24) is 10.6 Å². The molecule has 1 aromatic carbocycles. The highest BCUT2D eigenvalue weighted by Gasteiger charge is 2.39. The maximum atomic E-state index is 12.4. The molecule has 1 unspecified atom stereocenters. The van der Waals surface area contributed by atoms with E-state index in [0.717, 1.165) is 37.8 Å². The normalized spacial score (nSPS) is 22.4. The Hall–Kier alpha value is -1.55. The summed E-state index contributed by atoms with van der Waals surface area (Å²) in [5.74, 6) is 0.343. The van der Waals surface area contributed by atoms with E-state index in [1.165, 1.54) is 0 Å². The van der Waals surface area contributed by atoms with Gasteiger partial charge in [0.15, 0.2) is 0 Å². The third-order valence-corrected chi connectivity index (χ3v) is 3.74. The molecule has 1 aliphatic rings. The average molecular weight is 262 g/mol. The number of phenolic OH excluding ortho intramolecular Hbond substituents is 1. The molecule has 0 spiro atoms. The van der Waals surface area contributed by atoms with E-state index in [9.17, 15) is 9.90 Å². The van der Waals surface area contributed by atoms with Gasteiger partial charge in [-0.25, -0.2) is 0 Å². The van der Waals surface area contributed by atoms with Crippen molar-refractivity contribution in [3.8, 4) is 5.75 Å². The van der Waals surface area contributed by atoms with Gasteiger partial charge in [0.05, 0.1) is 5.54 Å². The lowest BCUT2D eigenvalue weighted by Crippen LogP contribution is -2.53. The highest BCUT2D eigenvalue weighted by atomic mass is 16.3. The van der Waals surface area contributed by atoms with Gasteiger partial charge in [-0.2, -0.15) is 0 Å². The number of amides is 1. The summed E-state index contributed by atoms with van der Waals surface area (Å²) in [4.78, 5) is 12.4. The Morgan fingerprint density at radius 3 is 2.74 bits per heavy atom. The van der Waals surface area contributed by atoms with Gasteiger partial charge >= 0.3 is 0 Å². The summed E-state index contributed by atoms with van der Waals surface area (Å²) >= 11 is 0. The van der Waals surface area contributed by atoms with Gasteiger partial charge in [0, 0.05) is 6.54 Å². The fraction of sp³-hybridized carbons (Fsp3) is 0.533. The summed E-state index contributed by atoms with van der Waals surface area (Å²) < 4.78 is 0. The number of aromatic hydroxyl groups is 1. The van der Waals surface area contributed by atoms with E-state index in [1.54, 1.807) is 12.1 Å². The molecule has 1 aromatic rings. The number of carbonyl (C=O) groups excluding carboxylic acids is 1. The SMILES string of the molecule is CCCC1(C(=O)NCc2ccc(O)cc2)CCCN1. The summed E-state index contributed by atoms with van der Waals surface area (Å²) in [6, 6.07) is 6.92. The minimum atomic E-state index is -0.369. The van der Waals surface area contributed by atoms with Crippen molar-refractivity contribution in [2.45, 2.75) is 44.7 Å². The smallest absolute Gasteiger partial charge is 0.240 e. The first kappa shape index (κ1) is 13.9. The fourth-order valence-corrected chi connectivity index (χ4v) is 2.72. The fourth-order valence-electron chi connectivity index (χ4n) is 2.72. The van der Waals surface area contributed by atoms with Crippen LogP contribution in [0.5, 0.6) is 5.75 Å². The van der Waals surface area contributed by atoms with Crippen LogP contribution >= 0.6 is 0 Å². The second-order valence-electron chi connectivity index (χ2n) is 5.21. The second kappa shape index (κ2) is 6.06. The van der Waals surface area contributed by atoms with E-state index in [4.69, 9.17) is 0 Å². The van der Waals surface area contributed by atoms with Crippen molar-refractivity contribution in [3.63, 3.8) is 0 Å². The highest BCUT2D eigenvalue weighted by Crippen LogP contribution is 2.25. The third-order valence-electron chi connectivity index (χ3n) is 3.74. The Labute approximate surface area is 114 Å². The summed E-state index contributed by atoms with van der Waals surface area (Å²) in [7, 11) is 0. The van der Waals surface area contributed by atoms with E-state index in [2.05, 4.69) is 17.6 Å². The van der Waals surface area contributed by atoms with Crippen molar-refractivity contribution in [1.29, 1.82) is 0 Å². The second-order valence-corrected chi connectivity index (χ2v) is 5.21. The maximum Gasteiger partial charge on any atom is 0.240 e. The first-order valence-corrected chi connectivity index (χ1v) is 6.97. The molecule has 1 amide bonds. The first-order valence-electron chi connectivity index (χ1n) is 6.97. The van der Waals surface area contributed by atoms with E-state index in [0.29, 0.717) is 6.54 Å². The molecular weight excluding hydrogens is 240 g/mol. The minimum absolute atomic E-state index is 0.0972. The van der Waals surface area contributed by atoms with Gasteiger partial charge in [-0.05, 0) is 43.5 Å².